The Bertz CT molecular complexity index is 616. The standard InChI is InChI=1S/C16H19BrN2/c1-2-10-7-12(17)8-13-14(18)9-15(19-16(10)13)11-5-3-4-6-11/h7-9,11H,2-6H2,1H3,(H2,18,19). The van der Waals surface area contributed by atoms with E-state index in [2.05, 4.69) is 41.1 Å². The minimum absolute atomic E-state index is 0.611. The van der Waals surface area contributed by atoms with E-state index in [1.54, 1.807) is 0 Å². The summed E-state index contributed by atoms with van der Waals surface area (Å²) in [5, 5.41) is 1.08. The molecule has 0 saturated heterocycles. The molecule has 2 nitrogen and oxygen atoms in total. The average molecular weight is 319 g/mol. The monoisotopic (exact) mass is 318 g/mol. The first-order chi connectivity index (χ1) is 9.19. The second-order valence-electron chi connectivity index (χ2n) is 5.43. The smallest absolute Gasteiger partial charge is 0.0758 e. The largest absolute Gasteiger partial charge is 0.398 e. The molecule has 0 amide bonds. The van der Waals surface area contributed by atoms with Crippen LogP contribution in [0.15, 0.2) is 22.7 Å². The number of nitrogens with zero attached hydrogens (tertiary/aromatic N) is 1. The highest BCUT2D eigenvalue weighted by Gasteiger charge is 2.20. The van der Waals surface area contributed by atoms with Crippen LogP contribution in [0.25, 0.3) is 10.9 Å². The average Bonchev–Trinajstić information content (AvgIpc) is 2.92. The van der Waals surface area contributed by atoms with Crippen LogP contribution in [0.1, 0.15) is 49.8 Å². The number of hydrogen-bond acceptors (Lipinski definition) is 2. The third-order valence-electron chi connectivity index (χ3n) is 4.16. The molecule has 0 atom stereocenters. The topological polar surface area (TPSA) is 38.9 Å². The minimum atomic E-state index is 0.611. The Morgan fingerprint density at radius 2 is 2.00 bits per heavy atom. The number of benzene rings is 1. The summed E-state index contributed by atoms with van der Waals surface area (Å²) in [6.07, 6.45) is 6.15. The van der Waals surface area contributed by atoms with Crippen LogP contribution in [-0.2, 0) is 6.42 Å². The molecule has 1 fully saturated rings. The number of pyridine rings is 1. The van der Waals surface area contributed by atoms with Crippen LogP contribution in [0.4, 0.5) is 5.69 Å². The number of halogens is 1. The van der Waals surface area contributed by atoms with Gasteiger partial charge in [0.2, 0.25) is 0 Å². The van der Waals surface area contributed by atoms with Crippen LogP contribution in [0, 0.1) is 0 Å². The Kier molecular flexibility index (Phi) is 3.48. The van der Waals surface area contributed by atoms with Crippen molar-refractivity contribution in [3.8, 4) is 0 Å². The summed E-state index contributed by atoms with van der Waals surface area (Å²) in [6, 6.07) is 6.33. The Hall–Kier alpha value is -1.09. The normalized spacial score (nSPS) is 16.3. The molecule has 1 aliphatic rings. The number of aromatic nitrogens is 1. The number of aryl methyl sites for hydroxylation is 1. The molecule has 0 unspecified atom stereocenters. The number of nitrogen functional groups attached to an aromatic ring is 1. The number of hydrogen-bond donors (Lipinski definition) is 1. The van der Waals surface area contributed by atoms with Gasteiger partial charge in [0, 0.05) is 27.2 Å². The maximum Gasteiger partial charge on any atom is 0.0758 e. The summed E-state index contributed by atoms with van der Waals surface area (Å²) in [5.74, 6) is 0.611. The van der Waals surface area contributed by atoms with Gasteiger partial charge in [0.1, 0.15) is 0 Å². The van der Waals surface area contributed by atoms with Gasteiger partial charge in [-0.1, -0.05) is 35.7 Å². The van der Waals surface area contributed by atoms with Gasteiger partial charge >= 0.3 is 0 Å². The first-order valence-electron chi connectivity index (χ1n) is 7.07. The lowest BCUT2D eigenvalue weighted by Gasteiger charge is -2.14. The van der Waals surface area contributed by atoms with Crippen molar-refractivity contribution in [3.05, 3.63) is 33.9 Å². The van der Waals surface area contributed by atoms with Crippen LogP contribution in [-0.4, -0.2) is 4.98 Å². The zero-order chi connectivity index (χ0) is 13.4. The summed E-state index contributed by atoms with van der Waals surface area (Å²) in [7, 11) is 0. The lowest BCUT2D eigenvalue weighted by atomic mass is 9.99. The number of anilines is 1. The highest BCUT2D eigenvalue weighted by molar-refractivity contribution is 9.10. The molecule has 100 valence electrons. The fourth-order valence-corrected chi connectivity index (χ4v) is 3.61. The Balaban J connectivity index is 2.20. The quantitative estimate of drug-likeness (QED) is 0.863. The summed E-state index contributed by atoms with van der Waals surface area (Å²) in [4.78, 5) is 4.93. The Labute approximate surface area is 122 Å². The molecule has 2 aromatic rings. The van der Waals surface area contributed by atoms with Gasteiger partial charge in [-0.2, -0.15) is 0 Å². The molecule has 3 rings (SSSR count). The van der Waals surface area contributed by atoms with Crippen LogP contribution in [0.3, 0.4) is 0 Å². The SMILES string of the molecule is CCc1cc(Br)cc2c(N)cc(C3CCCC3)nc12. The van der Waals surface area contributed by atoms with Crippen LogP contribution in [0.2, 0.25) is 0 Å². The molecule has 1 aliphatic carbocycles. The van der Waals surface area contributed by atoms with Crippen molar-refractivity contribution in [1.82, 2.24) is 4.98 Å². The Morgan fingerprint density at radius 3 is 2.68 bits per heavy atom. The van der Waals surface area contributed by atoms with E-state index in [4.69, 9.17) is 10.7 Å². The molecule has 1 aromatic heterocycles. The third-order valence-corrected chi connectivity index (χ3v) is 4.62. The first-order valence-corrected chi connectivity index (χ1v) is 7.87. The summed E-state index contributed by atoms with van der Waals surface area (Å²) >= 11 is 3.56. The van der Waals surface area contributed by atoms with E-state index in [9.17, 15) is 0 Å². The number of rotatable bonds is 2. The first kappa shape index (κ1) is 12.9. The van der Waals surface area contributed by atoms with Crippen molar-refractivity contribution < 1.29 is 0 Å². The number of nitrogens with two attached hydrogens (primary N) is 1. The molecule has 1 heterocycles. The van der Waals surface area contributed by atoms with E-state index < -0.39 is 0 Å². The molecule has 0 bridgehead atoms. The zero-order valence-electron chi connectivity index (χ0n) is 11.2. The predicted octanol–water partition coefficient (Wildman–Crippen LogP) is 4.80. The molecular weight excluding hydrogens is 300 g/mol. The van der Waals surface area contributed by atoms with E-state index >= 15 is 0 Å². The fraction of sp³-hybridized carbons (Fsp3) is 0.438. The number of fused-ring (bicyclic) bond motifs is 1. The van der Waals surface area contributed by atoms with Crippen molar-refractivity contribution >= 4 is 32.5 Å². The van der Waals surface area contributed by atoms with Crippen molar-refractivity contribution in [2.24, 2.45) is 0 Å². The molecule has 19 heavy (non-hydrogen) atoms. The van der Waals surface area contributed by atoms with E-state index in [1.807, 2.05) is 0 Å². The van der Waals surface area contributed by atoms with Gasteiger partial charge in [-0.15, -0.1) is 0 Å². The molecule has 0 spiro atoms. The highest BCUT2D eigenvalue weighted by Crippen LogP contribution is 2.36. The summed E-state index contributed by atoms with van der Waals surface area (Å²) in [6.45, 7) is 2.17. The van der Waals surface area contributed by atoms with E-state index in [-0.39, 0.29) is 0 Å². The van der Waals surface area contributed by atoms with Crippen molar-refractivity contribution in [1.29, 1.82) is 0 Å². The van der Waals surface area contributed by atoms with E-state index in [0.29, 0.717) is 5.92 Å². The van der Waals surface area contributed by atoms with E-state index in [0.717, 1.165) is 27.5 Å². The molecule has 0 aliphatic heterocycles. The second-order valence-corrected chi connectivity index (χ2v) is 6.35. The molecule has 1 aromatic carbocycles. The van der Waals surface area contributed by atoms with Crippen molar-refractivity contribution in [3.63, 3.8) is 0 Å². The second kappa shape index (κ2) is 5.12. The molecule has 3 heteroatoms. The van der Waals surface area contributed by atoms with Gasteiger partial charge in [-0.25, -0.2) is 0 Å². The lowest BCUT2D eigenvalue weighted by Crippen LogP contribution is -2.01. The van der Waals surface area contributed by atoms with Gasteiger partial charge in [0.25, 0.3) is 0 Å². The summed E-state index contributed by atoms with van der Waals surface area (Å²) in [5.41, 5.74) is 10.7. The highest BCUT2D eigenvalue weighted by atomic mass is 79.9. The van der Waals surface area contributed by atoms with E-state index in [1.165, 1.54) is 36.9 Å². The zero-order valence-corrected chi connectivity index (χ0v) is 12.8. The Morgan fingerprint density at radius 1 is 1.26 bits per heavy atom. The molecular formula is C16H19BrN2. The van der Waals surface area contributed by atoms with Gasteiger partial charge in [-0.3, -0.25) is 4.98 Å². The predicted molar refractivity (Wildman–Crippen MR) is 84.4 cm³/mol. The molecule has 1 saturated carbocycles. The van der Waals surface area contributed by atoms with Crippen molar-refractivity contribution in [2.45, 2.75) is 44.9 Å². The van der Waals surface area contributed by atoms with Gasteiger partial charge in [0.15, 0.2) is 0 Å². The van der Waals surface area contributed by atoms with Crippen molar-refractivity contribution in [2.75, 3.05) is 5.73 Å². The van der Waals surface area contributed by atoms with Gasteiger partial charge < -0.3 is 5.73 Å². The van der Waals surface area contributed by atoms with Crippen LogP contribution in [0.5, 0.6) is 0 Å². The van der Waals surface area contributed by atoms with Crippen LogP contribution < -0.4 is 5.73 Å². The van der Waals surface area contributed by atoms with Crippen LogP contribution >= 0.6 is 15.9 Å². The maximum atomic E-state index is 6.26. The minimum Gasteiger partial charge on any atom is -0.398 e. The lowest BCUT2D eigenvalue weighted by molar-refractivity contribution is 0.701. The van der Waals surface area contributed by atoms with Gasteiger partial charge in [-0.05, 0) is 43.0 Å². The molecule has 0 radical (unpaired) electrons. The third kappa shape index (κ3) is 2.36. The summed E-state index contributed by atoms with van der Waals surface area (Å²) < 4.78 is 1.08. The fourth-order valence-electron chi connectivity index (χ4n) is 3.11. The maximum absolute atomic E-state index is 6.26. The van der Waals surface area contributed by atoms with Gasteiger partial charge in [0.05, 0.1) is 5.52 Å². The molecule has 2 N–H and O–H groups in total.